The van der Waals surface area contributed by atoms with Crippen LogP contribution in [0.15, 0.2) is 54.6 Å². The molecule has 0 aliphatic rings. The van der Waals surface area contributed by atoms with Gasteiger partial charge in [0.1, 0.15) is 0 Å². The lowest BCUT2D eigenvalue weighted by molar-refractivity contribution is 0.279. The van der Waals surface area contributed by atoms with Crippen molar-refractivity contribution in [1.82, 2.24) is 0 Å². The summed E-state index contributed by atoms with van der Waals surface area (Å²) in [6.45, 7) is 2.41. The van der Waals surface area contributed by atoms with Crippen LogP contribution < -0.4 is 0 Å². The second-order valence-corrected chi connectivity index (χ2v) is 4.37. The maximum absolute atomic E-state index is 9.06. The van der Waals surface area contributed by atoms with Crippen LogP contribution in [0.2, 0.25) is 0 Å². The van der Waals surface area contributed by atoms with Crippen molar-refractivity contribution >= 4 is 0 Å². The fourth-order valence-corrected chi connectivity index (χ4v) is 2.16. The van der Waals surface area contributed by atoms with E-state index in [2.05, 4.69) is 55.5 Å². The zero-order valence-electron chi connectivity index (χ0n) is 10.1. The van der Waals surface area contributed by atoms with E-state index in [-0.39, 0.29) is 6.61 Å². The number of hydrogen-bond donors (Lipinski definition) is 1. The minimum Gasteiger partial charge on any atom is -0.396 e. The highest BCUT2D eigenvalue weighted by molar-refractivity contribution is 5.67. The summed E-state index contributed by atoms with van der Waals surface area (Å²) < 4.78 is 0. The highest BCUT2D eigenvalue weighted by Crippen LogP contribution is 2.30. The lowest BCUT2D eigenvalue weighted by Crippen LogP contribution is -1.99. The summed E-state index contributed by atoms with van der Waals surface area (Å²) in [7, 11) is 0. The zero-order valence-corrected chi connectivity index (χ0v) is 10.1. The molecule has 0 aliphatic carbocycles. The van der Waals surface area contributed by atoms with Gasteiger partial charge in [0, 0.05) is 6.61 Å². The molecule has 0 amide bonds. The van der Waals surface area contributed by atoms with Gasteiger partial charge in [0.25, 0.3) is 0 Å². The Balaban J connectivity index is 2.41. The number of aliphatic hydroxyl groups excluding tert-OH is 1. The average molecular weight is 226 g/mol. The van der Waals surface area contributed by atoms with Gasteiger partial charge in [0.15, 0.2) is 0 Å². The molecule has 0 saturated heterocycles. The number of aliphatic hydroxyl groups is 1. The molecule has 2 aromatic carbocycles. The smallest absolute Gasteiger partial charge is 0.0436 e. The lowest BCUT2D eigenvalue weighted by atomic mass is 9.90. The van der Waals surface area contributed by atoms with Crippen molar-refractivity contribution in [3.63, 3.8) is 0 Å². The summed E-state index contributed by atoms with van der Waals surface area (Å²) in [4.78, 5) is 0. The van der Waals surface area contributed by atoms with Crippen LogP contribution >= 0.6 is 0 Å². The maximum Gasteiger partial charge on any atom is 0.0436 e. The first-order valence-corrected chi connectivity index (χ1v) is 6.08. The van der Waals surface area contributed by atoms with E-state index in [0.717, 1.165) is 6.42 Å². The zero-order chi connectivity index (χ0) is 12.1. The van der Waals surface area contributed by atoms with Crippen LogP contribution in [0.4, 0.5) is 0 Å². The molecule has 0 bridgehead atoms. The third-order valence-electron chi connectivity index (χ3n) is 3.14. The largest absolute Gasteiger partial charge is 0.396 e. The van der Waals surface area contributed by atoms with Gasteiger partial charge in [0.2, 0.25) is 0 Å². The minimum absolute atomic E-state index is 0.240. The molecule has 1 heteroatoms. The predicted molar refractivity (Wildman–Crippen MR) is 72.0 cm³/mol. The van der Waals surface area contributed by atoms with Gasteiger partial charge in [-0.3, -0.25) is 0 Å². The van der Waals surface area contributed by atoms with Crippen molar-refractivity contribution in [2.75, 3.05) is 6.61 Å². The summed E-state index contributed by atoms with van der Waals surface area (Å²) in [6.07, 6.45) is 0.809. The van der Waals surface area contributed by atoms with Crippen LogP contribution in [0.5, 0.6) is 0 Å². The quantitative estimate of drug-likeness (QED) is 0.839. The van der Waals surface area contributed by atoms with Crippen molar-refractivity contribution in [1.29, 1.82) is 0 Å². The first kappa shape index (κ1) is 11.9. The number of benzene rings is 2. The Kier molecular flexibility index (Phi) is 3.94. The number of rotatable bonds is 4. The van der Waals surface area contributed by atoms with E-state index in [1.807, 2.05) is 6.07 Å². The Morgan fingerprint density at radius 3 is 2.29 bits per heavy atom. The molecule has 17 heavy (non-hydrogen) atoms. The van der Waals surface area contributed by atoms with Crippen LogP contribution in [0.1, 0.15) is 24.8 Å². The molecular formula is C16H18O. The van der Waals surface area contributed by atoms with Crippen molar-refractivity contribution in [3.05, 3.63) is 60.2 Å². The maximum atomic E-state index is 9.06. The van der Waals surface area contributed by atoms with Gasteiger partial charge < -0.3 is 5.11 Å². The molecular weight excluding hydrogens is 208 g/mol. The molecule has 2 rings (SSSR count). The molecule has 0 spiro atoms. The van der Waals surface area contributed by atoms with Crippen molar-refractivity contribution in [2.45, 2.75) is 19.3 Å². The summed E-state index contributed by atoms with van der Waals surface area (Å²) in [5.41, 5.74) is 3.83. The fourth-order valence-electron chi connectivity index (χ4n) is 2.16. The summed E-state index contributed by atoms with van der Waals surface area (Å²) in [6, 6.07) is 18.8. The molecule has 0 heterocycles. The SMILES string of the molecule is CC(CCO)c1ccccc1-c1ccccc1. The molecule has 1 nitrogen and oxygen atoms in total. The van der Waals surface area contributed by atoms with Crippen LogP contribution in [-0.2, 0) is 0 Å². The van der Waals surface area contributed by atoms with Gasteiger partial charge in [-0.15, -0.1) is 0 Å². The van der Waals surface area contributed by atoms with Crippen molar-refractivity contribution in [2.24, 2.45) is 0 Å². The molecule has 1 unspecified atom stereocenters. The molecule has 0 aliphatic heterocycles. The lowest BCUT2D eigenvalue weighted by Gasteiger charge is -2.15. The van der Waals surface area contributed by atoms with E-state index < -0.39 is 0 Å². The Bertz CT molecular complexity index is 462. The molecule has 1 atom stereocenters. The second-order valence-electron chi connectivity index (χ2n) is 4.37. The molecule has 2 aromatic rings. The summed E-state index contributed by atoms with van der Waals surface area (Å²) >= 11 is 0. The Morgan fingerprint density at radius 2 is 1.59 bits per heavy atom. The topological polar surface area (TPSA) is 20.2 Å². The molecule has 0 aromatic heterocycles. The Morgan fingerprint density at radius 1 is 0.941 bits per heavy atom. The van der Waals surface area contributed by atoms with Crippen LogP contribution in [0, 0.1) is 0 Å². The highest BCUT2D eigenvalue weighted by Gasteiger charge is 2.10. The fraction of sp³-hybridized carbons (Fsp3) is 0.250. The summed E-state index contributed by atoms with van der Waals surface area (Å²) in [5.74, 6) is 0.386. The summed E-state index contributed by atoms with van der Waals surface area (Å²) in [5, 5.41) is 9.06. The number of hydrogen-bond acceptors (Lipinski definition) is 1. The van der Waals surface area contributed by atoms with Crippen molar-refractivity contribution < 1.29 is 5.11 Å². The van der Waals surface area contributed by atoms with E-state index in [1.54, 1.807) is 0 Å². The standard InChI is InChI=1S/C16H18O/c1-13(11-12-17)15-9-5-6-10-16(15)14-7-3-2-4-8-14/h2-10,13,17H,11-12H2,1H3. The first-order valence-electron chi connectivity index (χ1n) is 6.08. The molecule has 1 N–H and O–H groups in total. The van der Waals surface area contributed by atoms with Crippen LogP contribution in [-0.4, -0.2) is 11.7 Å². The molecule has 88 valence electrons. The van der Waals surface area contributed by atoms with E-state index in [9.17, 15) is 0 Å². The van der Waals surface area contributed by atoms with Crippen LogP contribution in [0.3, 0.4) is 0 Å². The average Bonchev–Trinajstić information content (AvgIpc) is 2.40. The van der Waals surface area contributed by atoms with Gasteiger partial charge in [-0.2, -0.15) is 0 Å². The van der Waals surface area contributed by atoms with Gasteiger partial charge in [-0.05, 0) is 29.0 Å². The highest BCUT2D eigenvalue weighted by atomic mass is 16.3. The van der Waals surface area contributed by atoms with Gasteiger partial charge >= 0.3 is 0 Å². The third-order valence-corrected chi connectivity index (χ3v) is 3.14. The minimum atomic E-state index is 0.240. The Hall–Kier alpha value is -1.60. The monoisotopic (exact) mass is 226 g/mol. The third kappa shape index (κ3) is 2.75. The van der Waals surface area contributed by atoms with E-state index >= 15 is 0 Å². The second kappa shape index (κ2) is 5.65. The van der Waals surface area contributed by atoms with Gasteiger partial charge in [0.05, 0.1) is 0 Å². The van der Waals surface area contributed by atoms with E-state index in [0.29, 0.717) is 5.92 Å². The molecule has 0 fully saturated rings. The predicted octanol–water partition coefficient (Wildman–Crippen LogP) is 3.84. The van der Waals surface area contributed by atoms with E-state index in [1.165, 1.54) is 16.7 Å². The van der Waals surface area contributed by atoms with Gasteiger partial charge in [-0.1, -0.05) is 61.5 Å². The van der Waals surface area contributed by atoms with Gasteiger partial charge in [-0.25, -0.2) is 0 Å². The molecule has 0 saturated carbocycles. The Labute approximate surface area is 103 Å². The first-order chi connectivity index (χ1) is 8.33. The van der Waals surface area contributed by atoms with Crippen LogP contribution in [0.25, 0.3) is 11.1 Å². The molecule has 0 radical (unpaired) electrons. The van der Waals surface area contributed by atoms with Crippen molar-refractivity contribution in [3.8, 4) is 11.1 Å². The van der Waals surface area contributed by atoms with E-state index in [4.69, 9.17) is 5.11 Å². The normalized spacial score (nSPS) is 12.4.